The number of fused-ring (bicyclic) bond motifs is 1. The standard InChI is InChI=1S/C26H20ClFN4O2/c1-34-17-8-5-15(6-9-17)14-32-25(18-12-16(28)7-10-19(18)27)23-20(29)13-22(31-24(23)26(32)33)21-4-2-3-11-30-21/h2-13,25H,14H2,1H3,(H2,29,31). The van der Waals surface area contributed by atoms with Gasteiger partial charge in [0.25, 0.3) is 5.91 Å². The molecule has 2 aromatic heterocycles. The number of aromatic nitrogens is 2. The molecule has 0 spiro atoms. The molecule has 1 amide bonds. The average molecular weight is 475 g/mol. The Morgan fingerprint density at radius 3 is 2.59 bits per heavy atom. The number of carbonyl (C=O) groups excluding carboxylic acids is 1. The van der Waals surface area contributed by atoms with E-state index in [9.17, 15) is 9.18 Å². The van der Waals surface area contributed by atoms with Crippen LogP contribution in [0, 0.1) is 5.82 Å². The molecular weight excluding hydrogens is 455 g/mol. The van der Waals surface area contributed by atoms with Gasteiger partial charge in [0.2, 0.25) is 0 Å². The van der Waals surface area contributed by atoms with Crippen molar-refractivity contribution in [3.8, 4) is 17.1 Å². The van der Waals surface area contributed by atoms with E-state index >= 15 is 0 Å². The molecule has 0 saturated carbocycles. The molecular formula is C26H20ClFN4O2. The number of methoxy groups -OCH3 is 1. The van der Waals surface area contributed by atoms with Gasteiger partial charge in [-0.3, -0.25) is 9.78 Å². The number of nitrogens with two attached hydrogens (primary N) is 1. The van der Waals surface area contributed by atoms with Gasteiger partial charge in [0.15, 0.2) is 0 Å². The Hall–Kier alpha value is -3.97. The van der Waals surface area contributed by atoms with E-state index in [0.717, 1.165) is 5.56 Å². The fraction of sp³-hybridized carbons (Fsp3) is 0.115. The number of amides is 1. The summed E-state index contributed by atoms with van der Waals surface area (Å²) in [5.74, 6) is -0.0719. The quantitative estimate of drug-likeness (QED) is 0.426. The molecule has 0 radical (unpaired) electrons. The first kappa shape index (κ1) is 21.9. The molecule has 34 heavy (non-hydrogen) atoms. The Balaban J connectivity index is 1.65. The van der Waals surface area contributed by atoms with Gasteiger partial charge in [-0.15, -0.1) is 0 Å². The van der Waals surface area contributed by atoms with Crippen molar-refractivity contribution in [3.63, 3.8) is 0 Å². The van der Waals surface area contributed by atoms with Crippen molar-refractivity contribution in [2.45, 2.75) is 12.6 Å². The lowest BCUT2D eigenvalue weighted by Gasteiger charge is -2.27. The monoisotopic (exact) mass is 474 g/mol. The van der Waals surface area contributed by atoms with Crippen molar-refractivity contribution < 1.29 is 13.9 Å². The predicted molar refractivity (Wildman–Crippen MR) is 128 cm³/mol. The first-order valence-electron chi connectivity index (χ1n) is 10.6. The van der Waals surface area contributed by atoms with Gasteiger partial charge in [0.05, 0.1) is 24.5 Å². The normalized spacial score (nSPS) is 14.9. The lowest BCUT2D eigenvalue weighted by atomic mass is 9.97. The molecule has 0 saturated heterocycles. The number of rotatable bonds is 5. The SMILES string of the molecule is COc1ccc(CN2C(=O)c3nc(-c4ccccn4)cc(N)c3C2c2cc(F)ccc2Cl)cc1. The molecule has 1 aliphatic rings. The zero-order valence-electron chi connectivity index (χ0n) is 18.2. The van der Waals surface area contributed by atoms with Gasteiger partial charge in [-0.05, 0) is 54.1 Å². The van der Waals surface area contributed by atoms with Crippen molar-refractivity contribution in [2.24, 2.45) is 0 Å². The van der Waals surface area contributed by atoms with Crippen molar-refractivity contribution in [2.75, 3.05) is 12.8 Å². The minimum atomic E-state index is -0.696. The van der Waals surface area contributed by atoms with E-state index in [0.29, 0.717) is 39.0 Å². The van der Waals surface area contributed by atoms with Crippen LogP contribution in [-0.4, -0.2) is 27.9 Å². The zero-order chi connectivity index (χ0) is 23.8. The minimum Gasteiger partial charge on any atom is -0.497 e. The zero-order valence-corrected chi connectivity index (χ0v) is 19.0. The summed E-state index contributed by atoms with van der Waals surface area (Å²) in [6.07, 6.45) is 1.65. The molecule has 1 aliphatic heterocycles. The summed E-state index contributed by atoms with van der Waals surface area (Å²) in [5, 5.41) is 0.333. The van der Waals surface area contributed by atoms with Gasteiger partial charge in [0, 0.05) is 34.6 Å². The van der Waals surface area contributed by atoms with E-state index in [4.69, 9.17) is 22.1 Å². The third-order valence-corrected chi connectivity index (χ3v) is 6.18. The minimum absolute atomic E-state index is 0.208. The Bertz CT molecular complexity index is 1380. The second kappa shape index (κ2) is 8.76. The van der Waals surface area contributed by atoms with Crippen LogP contribution < -0.4 is 10.5 Å². The van der Waals surface area contributed by atoms with Crippen LogP contribution in [0.25, 0.3) is 11.4 Å². The van der Waals surface area contributed by atoms with Crippen LogP contribution in [0.2, 0.25) is 5.02 Å². The van der Waals surface area contributed by atoms with E-state index in [1.807, 2.05) is 30.3 Å². The number of hydrogen-bond donors (Lipinski definition) is 1. The topological polar surface area (TPSA) is 81.3 Å². The lowest BCUT2D eigenvalue weighted by Crippen LogP contribution is -2.28. The predicted octanol–water partition coefficient (Wildman–Crippen LogP) is 5.27. The number of carbonyl (C=O) groups is 1. The van der Waals surface area contributed by atoms with E-state index in [2.05, 4.69) is 9.97 Å². The third kappa shape index (κ3) is 3.84. The summed E-state index contributed by atoms with van der Waals surface area (Å²) in [6.45, 7) is 0.245. The molecule has 2 aromatic carbocycles. The van der Waals surface area contributed by atoms with Crippen LogP contribution in [0.4, 0.5) is 10.1 Å². The second-order valence-electron chi connectivity index (χ2n) is 7.92. The molecule has 3 heterocycles. The summed E-state index contributed by atoms with van der Waals surface area (Å²) in [6, 6.07) is 17.9. The second-order valence-corrected chi connectivity index (χ2v) is 8.33. The third-order valence-electron chi connectivity index (χ3n) is 5.83. The van der Waals surface area contributed by atoms with Crippen molar-refractivity contribution in [1.82, 2.24) is 14.9 Å². The highest BCUT2D eigenvalue weighted by atomic mass is 35.5. The Morgan fingerprint density at radius 1 is 1.09 bits per heavy atom. The number of benzene rings is 2. The van der Waals surface area contributed by atoms with Gasteiger partial charge in [0.1, 0.15) is 17.3 Å². The fourth-order valence-electron chi connectivity index (χ4n) is 4.22. The van der Waals surface area contributed by atoms with Crippen molar-refractivity contribution in [3.05, 3.63) is 106 Å². The maximum Gasteiger partial charge on any atom is 0.274 e. The number of nitrogens with zero attached hydrogens (tertiary/aromatic N) is 3. The lowest BCUT2D eigenvalue weighted by molar-refractivity contribution is 0.0732. The molecule has 1 atom stereocenters. The molecule has 4 aromatic rings. The number of halogens is 2. The number of hydrogen-bond acceptors (Lipinski definition) is 5. The first-order valence-corrected chi connectivity index (χ1v) is 10.9. The molecule has 2 N–H and O–H groups in total. The molecule has 8 heteroatoms. The Kier molecular flexibility index (Phi) is 5.63. The number of nitrogen functional groups attached to an aromatic ring is 1. The summed E-state index contributed by atoms with van der Waals surface area (Å²) in [7, 11) is 1.59. The van der Waals surface area contributed by atoms with Gasteiger partial charge < -0.3 is 15.4 Å². The molecule has 1 unspecified atom stereocenters. The summed E-state index contributed by atoms with van der Waals surface area (Å²) >= 11 is 6.49. The fourth-order valence-corrected chi connectivity index (χ4v) is 4.44. The number of anilines is 1. The average Bonchev–Trinajstić information content (AvgIpc) is 3.13. The van der Waals surface area contributed by atoms with Crippen LogP contribution in [-0.2, 0) is 6.54 Å². The van der Waals surface area contributed by atoms with Gasteiger partial charge >= 0.3 is 0 Å². The molecule has 0 fully saturated rings. The summed E-state index contributed by atoms with van der Waals surface area (Å²) < 4.78 is 19.5. The van der Waals surface area contributed by atoms with Crippen LogP contribution in [0.5, 0.6) is 5.75 Å². The van der Waals surface area contributed by atoms with Gasteiger partial charge in [-0.1, -0.05) is 29.8 Å². The number of ether oxygens (including phenoxy) is 1. The van der Waals surface area contributed by atoms with Crippen molar-refractivity contribution >= 4 is 23.2 Å². The van der Waals surface area contributed by atoms with Crippen LogP contribution in [0.15, 0.2) is 72.9 Å². The molecule has 0 aliphatic carbocycles. The van der Waals surface area contributed by atoms with Crippen LogP contribution >= 0.6 is 11.6 Å². The Labute approximate surface area is 200 Å². The highest BCUT2D eigenvalue weighted by molar-refractivity contribution is 6.31. The molecule has 0 bridgehead atoms. The first-order chi connectivity index (χ1) is 16.5. The maximum absolute atomic E-state index is 14.3. The van der Waals surface area contributed by atoms with Crippen LogP contribution in [0.1, 0.15) is 33.2 Å². The summed E-state index contributed by atoms with van der Waals surface area (Å²) in [5.41, 5.74) is 9.95. The molecule has 170 valence electrons. The largest absolute Gasteiger partial charge is 0.497 e. The molecule has 6 nitrogen and oxygen atoms in total. The van der Waals surface area contributed by atoms with E-state index in [1.165, 1.54) is 18.2 Å². The maximum atomic E-state index is 14.3. The smallest absolute Gasteiger partial charge is 0.274 e. The summed E-state index contributed by atoms with van der Waals surface area (Å²) in [4.78, 5) is 24.2. The van der Waals surface area contributed by atoms with Crippen LogP contribution in [0.3, 0.4) is 0 Å². The van der Waals surface area contributed by atoms with E-state index < -0.39 is 11.9 Å². The van der Waals surface area contributed by atoms with E-state index in [-0.39, 0.29) is 18.1 Å². The van der Waals surface area contributed by atoms with Crippen molar-refractivity contribution in [1.29, 1.82) is 0 Å². The van der Waals surface area contributed by atoms with Gasteiger partial charge in [-0.2, -0.15) is 0 Å². The highest BCUT2D eigenvalue weighted by Crippen LogP contribution is 2.45. The van der Waals surface area contributed by atoms with Gasteiger partial charge in [-0.25, -0.2) is 9.37 Å². The van der Waals surface area contributed by atoms with E-state index in [1.54, 1.807) is 36.4 Å². The highest BCUT2D eigenvalue weighted by Gasteiger charge is 2.42. The Morgan fingerprint density at radius 2 is 1.88 bits per heavy atom. The number of pyridine rings is 2. The molecule has 5 rings (SSSR count).